The normalized spacial score (nSPS) is 11.1. The number of thiazole rings is 1. The Bertz CT molecular complexity index is 710. The van der Waals surface area contributed by atoms with Gasteiger partial charge in [0.25, 0.3) is 5.91 Å². The zero-order valence-electron chi connectivity index (χ0n) is 10.6. The van der Waals surface area contributed by atoms with Crippen LogP contribution in [0.2, 0.25) is 0 Å². The lowest BCUT2D eigenvalue weighted by molar-refractivity contribution is 0.0949. The number of furan rings is 1. The maximum atomic E-state index is 12.0. The number of carbonyl (C=O) groups is 1. The van der Waals surface area contributed by atoms with E-state index in [2.05, 4.69) is 10.3 Å². The summed E-state index contributed by atoms with van der Waals surface area (Å²) >= 11 is 1.57. The molecular formula is C13H13N3O2S. The minimum Gasteiger partial charge on any atom is -0.466 e. The van der Waals surface area contributed by atoms with Crippen LogP contribution in [0.1, 0.15) is 27.6 Å². The molecule has 0 atom stereocenters. The highest BCUT2D eigenvalue weighted by molar-refractivity contribution is 7.15. The van der Waals surface area contributed by atoms with Crippen molar-refractivity contribution in [2.75, 3.05) is 0 Å². The highest BCUT2D eigenvalue weighted by atomic mass is 32.1. The van der Waals surface area contributed by atoms with Crippen molar-refractivity contribution in [3.63, 3.8) is 0 Å². The number of nitrogens with one attached hydrogen (secondary N) is 1. The highest BCUT2D eigenvalue weighted by Crippen LogP contribution is 2.14. The number of hydrogen-bond donors (Lipinski definition) is 1. The molecular weight excluding hydrogens is 262 g/mol. The topological polar surface area (TPSA) is 59.5 Å². The number of aryl methyl sites for hydroxylation is 2. The minimum absolute atomic E-state index is 0.134. The lowest BCUT2D eigenvalue weighted by atomic mass is 10.2. The predicted molar refractivity (Wildman–Crippen MR) is 72.4 cm³/mol. The molecule has 3 aromatic rings. The minimum atomic E-state index is -0.134. The van der Waals surface area contributed by atoms with E-state index in [1.165, 1.54) is 0 Å². The Morgan fingerprint density at radius 3 is 3.05 bits per heavy atom. The van der Waals surface area contributed by atoms with Crippen LogP contribution in [0.4, 0.5) is 0 Å². The summed E-state index contributed by atoms with van der Waals surface area (Å²) in [7, 11) is 0. The van der Waals surface area contributed by atoms with Gasteiger partial charge < -0.3 is 9.73 Å². The van der Waals surface area contributed by atoms with Crippen molar-refractivity contribution in [1.82, 2.24) is 14.7 Å². The van der Waals surface area contributed by atoms with Crippen LogP contribution in [-0.4, -0.2) is 15.3 Å². The van der Waals surface area contributed by atoms with Crippen LogP contribution in [0.15, 0.2) is 28.3 Å². The number of fused-ring (bicyclic) bond motifs is 1. The molecule has 6 heteroatoms. The molecule has 19 heavy (non-hydrogen) atoms. The average Bonchev–Trinajstić information content (AvgIpc) is 3.00. The molecule has 0 saturated heterocycles. The fourth-order valence-corrected chi connectivity index (χ4v) is 2.70. The Morgan fingerprint density at radius 1 is 1.53 bits per heavy atom. The van der Waals surface area contributed by atoms with Gasteiger partial charge in [-0.15, -0.1) is 11.3 Å². The summed E-state index contributed by atoms with van der Waals surface area (Å²) in [5.74, 6) is 1.25. The number of hydrogen-bond acceptors (Lipinski definition) is 4. The van der Waals surface area contributed by atoms with E-state index in [9.17, 15) is 4.79 Å². The first-order valence-electron chi connectivity index (χ1n) is 5.90. The molecule has 0 fully saturated rings. The molecule has 0 saturated carbocycles. The number of aromatic nitrogens is 2. The van der Waals surface area contributed by atoms with E-state index in [0.29, 0.717) is 17.9 Å². The molecule has 0 unspecified atom stereocenters. The maximum absolute atomic E-state index is 12.0. The lowest BCUT2D eigenvalue weighted by Gasteiger charge is -2.01. The van der Waals surface area contributed by atoms with Crippen molar-refractivity contribution in [3.05, 3.63) is 46.6 Å². The molecule has 0 aromatic carbocycles. The van der Waals surface area contributed by atoms with Gasteiger partial charge in [-0.1, -0.05) is 0 Å². The average molecular weight is 275 g/mol. The summed E-state index contributed by atoms with van der Waals surface area (Å²) in [5.41, 5.74) is 1.43. The van der Waals surface area contributed by atoms with Gasteiger partial charge in [0.2, 0.25) is 0 Å². The van der Waals surface area contributed by atoms with Crippen molar-refractivity contribution in [2.24, 2.45) is 0 Å². The molecule has 0 aliphatic carbocycles. The molecule has 0 bridgehead atoms. The summed E-state index contributed by atoms with van der Waals surface area (Å²) in [5, 5.41) is 4.82. The number of imidazole rings is 1. The quantitative estimate of drug-likeness (QED) is 0.799. The number of rotatable bonds is 3. The SMILES string of the molecule is Cc1cc(C(=O)NCc2cn3ccsc3n2)c(C)o1. The summed E-state index contributed by atoms with van der Waals surface area (Å²) in [6, 6.07) is 1.75. The Hall–Kier alpha value is -2.08. The third-order valence-corrected chi connectivity index (χ3v) is 3.63. The maximum Gasteiger partial charge on any atom is 0.255 e. The van der Waals surface area contributed by atoms with E-state index >= 15 is 0 Å². The summed E-state index contributed by atoms with van der Waals surface area (Å²) in [6.07, 6.45) is 3.86. The smallest absolute Gasteiger partial charge is 0.255 e. The van der Waals surface area contributed by atoms with Gasteiger partial charge in [-0.05, 0) is 19.9 Å². The van der Waals surface area contributed by atoms with Gasteiger partial charge in [-0.2, -0.15) is 0 Å². The van der Waals surface area contributed by atoms with Gasteiger partial charge in [-0.3, -0.25) is 9.20 Å². The fraction of sp³-hybridized carbons (Fsp3) is 0.231. The van der Waals surface area contributed by atoms with Crippen LogP contribution >= 0.6 is 11.3 Å². The third kappa shape index (κ3) is 2.26. The van der Waals surface area contributed by atoms with Crippen LogP contribution in [0.3, 0.4) is 0 Å². The van der Waals surface area contributed by atoms with Gasteiger partial charge in [0.1, 0.15) is 11.5 Å². The van der Waals surface area contributed by atoms with E-state index in [-0.39, 0.29) is 5.91 Å². The Balaban J connectivity index is 1.70. The van der Waals surface area contributed by atoms with Crippen molar-refractivity contribution >= 4 is 22.2 Å². The van der Waals surface area contributed by atoms with E-state index in [1.807, 2.05) is 29.1 Å². The van der Waals surface area contributed by atoms with E-state index in [4.69, 9.17) is 4.42 Å². The molecule has 0 radical (unpaired) electrons. The van der Waals surface area contributed by atoms with Crippen molar-refractivity contribution in [3.8, 4) is 0 Å². The van der Waals surface area contributed by atoms with Crippen LogP contribution < -0.4 is 5.32 Å². The van der Waals surface area contributed by atoms with E-state index in [0.717, 1.165) is 16.4 Å². The van der Waals surface area contributed by atoms with E-state index < -0.39 is 0 Å². The predicted octanol–water partition coefficient (Wildman–Crippen LogP) is 2.54. The largest absolute Gasteiger partial charge is 0.466 e. The first-order valence-corrected chi connectivity index (χ1v) is 6.78. The van der Waals surface area contributed by atoms with Gasteiger partial charge in [0.15, 0.2) is 4.96 Å². The van der Waals surface area contributed by atoms with Crippen molar-refractivity contribution < 1.29 is 9.21 Å². The second-order valence-corrected chi connectivity index (χ2v) is 5.21. The summed E-state index contributed by atoms with van der Waals surface area (Å²) in [6.45, 7) is 4.03. The summed E-state index contributed by atoms with van der Waals surface area (Å²) < 4.78 is 7.29. The third-order valence-electron chi connectivity index (χ3n) is 2.86. The number of nitrogens with zero attached hydrogens (tertiary/aromatic N) is 2. The van der Waals surface area contributed by atoms with Crippen molar-refractivity contribution in [2.45, 2.75) is 20.4 Å². The molecule has 1 amide bonds. The summed E-state index contributed by atoms with van der Waals surface area (Å²) in [4.78, 5) is 17.3. The van der Waals surface area contributed by atoms with Gasteiger partial charge >= 0.3 is 0 Å². The second kappa shape index (κ2) is 4.55. The van der Waals surface area contributed by atoms with Gasteiger partial charge in [-0.25, -0.2) is 4.98 Å². The van der Waals surface area contributed by atoms with Crippen molar-refractivity contribution in [1.29, 1.82) is 0 Å². The molecule has 3 heterocycles. The Labute approximate surface area is 113 Å². The zero-order chi connectivity index (χ0) is 13.4. The molecule has 1 N–H and O–H groups in total. The molecule has 3 rings (SSSR count). The second-order valence-electron chi connectivity index (χ2n) is 4.33. The van der Waals surface area contributed by atoms with Crippen LogP contribution in [0, 0.1) is 13.8 Å². The molecule has 5 nitrogen and oxygen atoms in total. The monoisotopic (exact) mass is 275 g/mol. The fourth-order valence-electron chi connectivity index (χ4n) is 1.98. The first-order chi connectivity index (χ1) is 9.13. The van der Waals surface area contributed by atoms with Crippen LogP contribution in [0.25, 0.3) is 4.96 Å². The Morgan fingerprint density at radius 2 is 2.37 bits per heavy atom. The number of amides is 1. The number of carbonyl (C=O) groups excluding carboxylic acids is 1. The van der Waals surface area contributed by atoms with E-state index in [1.54, 1.807) is 24.3 Å². The zero-order valence-corrected chi connectivity index (χ0v) is 11.5. The molecule has 3 aromatic heterocycles. The standard InChI is InChI=1S/C13H13N3O2S/c1-8-5-11(9(2)18-8)12(17)14-6-10-7-16-3-4-19-13(16)15-10/h3-5,7H,6H2,1-2H3,(H,14,17). The molecule has 0 aliphatic heterocycles. The van der Waals surface area contributed by atoms with Gasteiger partial charge in [0, 0.05) is 17.8 Å². The Kier molecular flexibility index (Phi) is 2.87. The molecule has 0 aliphatic rings. The molecule has 98 valence electrons. The first kappa shape index (κ1) is 12.0. The highest BCUT2D eigenvalue weighted by Gasteiger charge is 2.13. The van der Waals surface area contributed by atoms with Crippen LogP contribution in [-0.2, 0) is 6.54 Å². The van der Waals surface area contributed by atoms with Gasteiger partial charge in [0.05, 0.1) is 17.8 Å². The lowest BCUT2D eigenvalue weighted by Crippen LogP contribution is -2.23. The molecule has 0 spiro atoms. The van der Waals surface area contributed by atoms with Crippen LogP contribution in [0.5, 0.6) is 0 Å².